The largest absolute Gasteiger partial charge is 0.376 e. The van der Waals surface area contributed by atoms with E-state index in [1.165, 1.54) is 10.8 Å². The van der Waals surface area contributed by atoms with Crippen molar-refractivity contribution in [1.29, 1.82) is 0 Å². The number of H-pyrrole nitrogens is 1. The zero-order valence-electron chi connectivity index (χ0n) is 11.1. The fourth-order valence-corrected chi connectivity index (χ4v) is 2.46. The van der Waals surface area contributed by atoms with Crippen LogP contribution in [0.2, 0.25) is 0 Å². The molecule has 0 unspecified atom stereocenters. The van der Waals surface area contributed by atoms with Crippen LogP contribution in [0.1, 0.15) is 25.1 Å². The second-order valence-corrected chi connectivity index (χ2v) is 5.01. The molecule has 0 amide bonds. The Hall–Kier alpha value is -1.89. The molecule has 1 saturated carbocycles. The van der Waals surface area contributed by atoms with Gasteiger partial charge in [-0.2, -0.15) is 5.10 Å². The van der Waals surface area contributed by atoms with Crippen LogP contribution in [0.4, 0.5) is 5.82 Å². The predicted octanol–water partition coefficient (Wildman–Crippen LogP) is 0.707. The molecule has 0 aliphatic heterocycles. The standard InChI is InChI=1S/C12H17N5O2/c1-8-14-9(6-10-15-16-11(18)17(8)10)13-7-12(19-2)4-3-5-12/h6,13H,3-5,7H2,1-2H3,(H,16,18). The van der Waals surface area contributed by atoms with Crippen LogP contribution in [0.3, 0.4) is 0 Å². The number of nitrogens with zero attached hydrogens (tertiary/aromatic N) is 3. The van der Waals surface area contributed by atoms with Gasteiger partial charge in [-0.1, -0.05) is 0 Å². The minimum atomic E-state index is -0.265. The number of fused-ring (bicyclic) bond motifs is 1. The zero-order chi connectivity index (χ0) is 13.5. The summed E-state index contributed by atoms with van der Waals surface area (Å²) < 4.78 is 7.00. The molecule has 0 aromatic carbocycles. The SMILES string of the molecule is COC1(CNc2cc3n[nH]c(=O)n3c(C)n2)CCC1. The van der Waals surface area contributed by atoms with Gasteiger partial charge >= 0.3 is 5.69 Å². The monoisotopic (exact) mass is 263 g/mol. The molecule has 7 heteroatoms. The summed E-state index contributed by atoms with van der Waals surface area (Å²) in [5.74, 6) is 1.33. The lowest BCUT2D eigenvalue weighted by molar-refractivity contribution is -0.0601. The number of rotatable bonds is 4. The second-order valence-electron chi connectivity index (χ2n) is 5.01. The Labute approximate surface area is 110 Å². The maximum Gasteiger partial charge on any atom is 0.349 e. The average molecular weight is 263 g/mol. The van der Waals surface area contributed by atoms with E-state index in [0.717, 1.165) is 19.4 Å². The smallest absolute Gasteiger partial charge is 0.349 e. The lowest BCUT2D eigenvalue weighted by Crippen LogP contribution is -2.45. The first-order valence-corrected chi connectivity index (χ1v) is 6.37. The third-order valence-corrected chi connectivity index (χ3v) is 3.86. The third-order valence-electron chi connectivity index (χ3n) is 3.86. The van der Waals surface area contributed by atoms with Crippen LogP contribution >= 0.6 is 0 Å². The summed E-state index contributed by atoms with van der Waals surface area (Å²) in [4.78, 5) is 15.9. The summed E-state index contributed by atoms with van der Waals surface area (Å²) in [6.45, 7) is 2.51. The van der Waals surface area contributed by atoms with Gasteiger partial charge in [-0.25, -0.2) is 19.3 Å². The molecule has 0 atom stereocenters. The van der Waals surface area contributed by atoms with E-state index in [1.807, 2.05) is 0 Å². The number of aromatic amines is 1. The van der Waals surface area contributed by atoms with Gasteiger partial charge < -0.3 is 10.1 Å². The second kappa shape index (κ2) is 4.34. The van der Waals surface area contributed by atoms with E-state index in [-0.39, 0.29) is 11.3 Å². The first kappa shape index (κ1) is 12.2. The summed E-state index contributed by atoms with van der Waals surface area (Å²) in [5, 5.41) is 9.64. The molecule has 2 N–H and O–H groups in total. The van der Waals surface area contributed by atoms with Crippen molar-refractivity contribution < 1.29 is 4.74 Å². The Bertz CT molecular complexity index is 650. The number of nitrogens with one attached hydrogen (secondary N) is 2. The van der Waals surface area contributed by atoms with E-state index in [0.29, 0.717) is 17.3 Å². The molecule has 102 valence electrons. The summed E-state index contributed by atoms with van der Waals surface area (Å²) in [6.07, 6.45) is 3.34. The number of ether oxygens (including phenoxy) is 1. The molecular weight excluding hydrogens is 246 g/mol. The minimum Gasteiger partial charge on any atom is -0.376 e. The Morgan fingerprint density at radius 1 is 1.58 bits per heavy atom. The Morgan fingerprint density at radius 2 is 2.37 bits per heavy atom. The van der Waals surface area contributed by atoms with Gasteiger partial charge in [0.15, 0.2) is 5.65 Å². The van der Waals surface area contributed by atoms with Gasteiger partial charge in [0.2, 0.25) is 0 Å². The van der Waals surface area contributed by atoms with E-state index < -0.39 is 0 Å². The number of anilines is 1. The van der Waals surface area contributed by atoms with Gasteiger partial charge in [-0.05, 0) is 26.2 Å². The van der Waals surface area contributed by atoms with Crippen molar-refractivity contribution in [3.63, 3.8) is 0 Å². The summed E-state index contributed by atoms with van der Waals surface area (Å²) in [5.41, 5.74) is 0.242. The highest BCUT2D eigenvalue weighted by Crippen LogP contribution is 2.34. The van der Waals surface area contributed by atoms with Gasteiger partial charge in [0.1, 0.15) is 11.6 Å². The van der Waals surface area contributed by atoms with Crippen molar-refractivity contribution in [3.05, 3.63) is 22.4 Å². The van der Waals surface area contributed by atoms with Crippen LogP contribution in [-0.2, 0) is 4.74 Å². The van der Waals surface area contributed by atoms with Crippen molar-refractivity contribution in [2.75, 3.05) is 19.0 Å². The van der Waals surface area contributed by atoms with Gasteiger partial charge in [0.25, 0.3) is 0 Å². The van der Waals surface area contributed by atoms with Crippen LogP contribution in [0, 0.1) is 6.92 Å². The van der Waals surface area contributed by atoms with E-state index in [1.54, 1.807) is 20.1 Å². The maximum absolute atomic E-state index is 11.5. The topological polar surface area (TPSA) is 84.3 Å². The quantitative estimate of drug-likeness (QED) is 0.848. The van der Waals surface area contributed by atoms with Crippen LogP contribution in [0.5, 0.6) is 0 Å². The highest BCUT2D eigenvalue weighted by molar-refractivity contribution is 5.49. The normalized spacial score (nSPS) is 17.4. The molecule has 1 fully saturated rings. The molecule has 2 aromatic heterocycles. The van der Waals surface area contributed by atoms with Gasteiger partial charge in [0, 0.05) is 19.7 Å². The molecule has 1 aliphatic rings. The molecule has 2 aromatic rings. The van der Waals surface area contributed by atoms with Crippen molar-refractivity contribution in [2.45, 2.75) is 31.8 Å². The van der Waals surface area contributed by atoms with E-state index in [4.69, 9.17) is 4.74 Å². The predicted molar refractivity (Wildman–Crippen MR) is 70.4 cm³/mol. The molecular formula is C12H17N5O2. The lowest BCUT2D eigenvalue weighted by Gasteiger charge is -2.40. The van der Waals surface area contributed by atoms with Crippen LogP contribution in [0.25, 0.3) is 5.65 Å². The zero-order valence-corrected chi connectivity index (χ0v) is 11.1. The first-order chi connectivity index (χ1) is 9.13. The molecule has 2 heterocycles. The molecule has 0 radical (unpaired) electrons. The number of aryl methyl sites for hydroxylation is 1. The van der Waals surface area contributed by atoms with E-state index in [9.17, 15) is 4.79 Å². The summed E-state index contributed by atoms with van der Waals surface area (Å²) in [6, 6.07) is 1.76. The molecule has 0 saturated heterocycles. The third kappa shape index (κ3) is 1.99. The van der Waals surface area contributed by atoms with Gasteiger partial charge in [0.05, 0.1) is 5.60 Å². The van der Waals surface area contributed by atoms with Crippen LogP contribution in [0.15, 0.2) is 10.9 Å². The highest BCUT2D eigenvalue weighted by Gasteiger charge is 2.36. The molecule has 3 rings (SSSR count). The van der Waals surface area contributed by atoms with Gasteiger partial charge in [-0.15, -0.1) is 0 Å². The van der Waals surface area contributed by atoms with Crippen LogP contribution < -0.4 is 11.0 Å². The van der Waals surface area contributed by atoms with Crippen LogP contribution in [-0.4, -0.2) is 38.8 Å². The van der Waals surface area contributed by atoms with E-state index >= 15 is 0 Å². The number of hydrogen-bond acceptors (Lipinski definition) is 5. The average Bonchev–Trinajstić information content (AvgIpc) is 2.71. The van der Waals surface area contributed by atoms with E-state index in [2.05, 4.69) is 20.5 Å². The fourth-order valence-electron chi connectivity index (χ4n) is 2.46. The Kier molecular flexibility index (Phi) is 2.78. The highest BCUT2D eigenvalue weighted by atomic mass is 16.5. The summed E-state index contributed by atoms with van der Waals surface area (Å²) in [7, 11) is 1.75. The molecule has 7 nitrogen and oxygen atoms in total. The molecule has 0 bridgehead atoms. The maximum atomic E-state index is 11.5. The van der Waals surface area contributed by atoms with Crippen molar-refractivity contribution in [1.82, 2.24) is 19.6 Å². The minimum absolute atomic E-state index is 0.0625. The van der Waals surface area contributed by atoms with Crippen molar-refractivity contribution in [2.24, 2.45) is 0 Å². The number of aromatic nitrogens is 4. The lowest BCUT2D eigenvalue weighted by atomic mass is 9.80. The number of hydrogen-bond donors (Lipinski definition) is 2. The Morgan fingerprint density at radius 3 is 3.00 bits per heavy atom. The molecule has 1 aliphatic carbocycles. The summed E-state index contributed by atoms with van der Waals surface area (Å²) >= 11 is 0. The Balaban J connectivity index is 1.83. The molecule has 0 spiro atoms. The fraction of sp³-hybridized carbons (Fsp3) is 0.583. The van der Waals surface area contributed by atoms with Crippen molar-refractivity contribution >= 4 is 11.5 Å². The van der Waals surface area contributed by atoms with Crippen molar-refractivity contribution in [3.8, 4) is 0 Å². The number of methoxy groups -OCH3 is 1. The van der Waals surface area contributed by atoms with Gasteiger partial charge in [-0.3, -0.25) is 0 Å². The first-order valence-electron chi connectivity index (χ1n) is 6.37. The molecule has 19 heavy (non-hydrogen) atoms.